The average molecular weight is 417 g/mol. The number of nitrogens with zero attached hydrogens (tertiary/aromatic N) is 1. The summed E-state index contributed by atoms with van der Waals surface area (Å²) in [7, 11) is 0. The first-order valence-electron chi connectivity index (χ1n) is 9.74. The Bertz CT molecular complexity index is 879. The van der Waals surface area contributed by atoms with Gasteiger partial charge in [0, 0.05) is 31.2 Å². The average Bonchev–Trinajstić information content (AvgIpc) is 2.72. The standard InChI is InChI=1S/C22H25ClN2O4/c1-2-29-20-12-15(6-7-19(20)23)14-25-10-8-18(9-11-25)24-21(26)16-4-3-5-17(13-16)22(27)28/h3-7,12-13,18H,2,8-11,14H2,1H3,(H,24,26)(H,27,28). The number of hydrogen-bond donors (Lipinski definition) is 2. The van der Waals surface area contributed by atoms with Crippen LogP contribution in [0.3, 0.4) is 0 Å². The molecule has 6 nitrogen and oxygen atoms in total. The summed E-state index contributed by atoms with van der Waals surface area (Å²) in [5.74, 6) is -0.564. The van der Waals surface area contributed by atoms with Crippen molar-refractivity contribution >= 4 is 23.5 Å². The molecule has 0 radical (unpaired) electrons. The topological polar surface area (TPSA) is 78.9 Å². The minimum absolute atomic E-state index is 0.0800. The predicted octanol–water partition coefficient (Wildman–Crippen LogP) is 3.83. The second kappa shape index (κ2) is 9.76. The maximum Gasteiger partial charge on any atom is 0.335 e. The molecule has 1 amide bonds. The van der Waals surface area contributed by atoms with E-state index < -0.39 is 5.97 Å². The molecule has 0 unspecified atom stereocenters. The maximum absolute atomic E-state index is 12.4. The lowest BCUT2D eigenvalue weighted by Gasteiger charge is -2.32. The molecule has 0 aliphatic carbocycles. The van der Waals surface area contributed by atoms with Gasteiger partial charge in [0.1, 0.15) is 5.75 Å². The van der Waals surface area contributed by atoms with E-state index in [1.54, 1.807) is 12.1 Å². The van der Waals surface area contributed by atoms with Gasteiger partial charge in [-0.25, -0.2) is 4.79 Å². The molecule has 0 spiro atoms. The molecule has 0 bridgehead atoms. The lowest BCUT2D eigenvalue weighted by molar-refractivity contribution is 0.0697. The van der Waals surface area contributed by atoms with Crippen molar-refractivity contribution in [1.29, 1.82) is 0 Å². The third-order valence-corrected chi connectivity index (χ3v) is 5.31. The van der Waals surface area contributed by atoms with Gasteiger partial charge in [-0.05, 0) is 55.7 Å². The minimum atomic E-state index is -1.04. The summed E-state index contributed by atoms with van der Waals surface area (Å²) in [6.45, 7) is 5.04. The van der Waals surface area contributed by atoms with Crippen LogP contribution in [-0.2, 0) is 6.54 Å². The van der Waals surface area contributed by atoms with Crippen LogP contribution in [0.15, 0.2) is 42.5 Å². The molecule has 0 aromatic heterocycles. The number of nitrogens with one attached hydrogen (secondary N) is 1. The van der Waals surface area contributed by atoms with Crippen molar-refractivity contribution in [3.05, 3.63) is 64.2 Å². The van der Waals surface area contributed by atoms with Crippen molar-refractivity contribution in [2.45, 2.75) is 32.4 Å². The van der Waals surface area contributed by atoms with Gasteiger partial charge in [-0.1, -0.05) is 23.7 Å². The van der Waals surface area contributed by atoms with Gasteiger partial charge in [0.15, 0.2) is 0 Å². The summed E-state index contributed by atoms with van der Waals surface area (Å²) < 4.78 is 5.56. The van der Waals surface area contributed by atoms with Crippen LogP contribution in [-0.4, -0.2) is 47.6 Å². The Morgan fingerprint density at radius 2 is 1.90 bits per heavy atom. The first-order chi connectivity index (χ1) is 14.0. The van der Waals surface area contributed by atoms with E-state index in [1.807, 2.05) is 25.1 Å². The number of carboxylic acid groups (broad SMARTS) is 1. The molecular weight excluding hydrogens is 392 g/mol. The van der Waals surface area contributed by atoms with E-state index in [0.29, 0.717) is 22.9 Å². The Balaban J connectivity index is 1.52. The summed E-state index contributed by atoms with van der Waals surface area (Å²) in [5.41, 5.74) is 1.63. The monoisotopic (exact) mass is 416 g/mol. The summed E-state index contributed by atoms with van der Waals surface area (Å²) in [6, 6.07) is 12.0. The second-order valence-corrected chi connectivity index (χ2v) is 7.51. The highest BCUT2D eigenvalue weighted by molar-refractivity contribution is 6.32. The van der Waals surface area contributed by atoms with Crippen LogP contribution in [0, 0.1) is 0 Å². The number of ether oxygens (including phenoxy) is 1. The molecule has 1 aliphatic rings. The fraction of sp³-hybridized carbons (Fsp3) is 0.364. The molecule has 0 saturated carbocycles. The van der Waals surface area contributed by atoms with Crippen LogP contribution in [0.25, 0.3) is 0 Å². The summed E-state index contributed by atoms with van der Waals surface area (Å²) >= 11 is 6.15. The van der Waals surface area contributed by atoms with Crippen LogP contribution in [0.4, 0.5) is 0 Å². The van der Waals surface area contributed by atoms with Crippen LogP contribution < -0.4 is 10.1 Å². The van der Waals surface area contributed by atoms with E-state index in [4.69, 9.17) is 21.4 Å². The highest BCUT2D eigenvalue weighted by atomic mass is 35.5. The highest BCUT2D eigenvalue weighted by Crippen LogP contribution is 2.26. The maximum atomic E-state index is 12.4. The van der Waals surface area contributed by atoms with E-state index >= 15 is 0 Å². The zero-order chi connectivity index (χ0) is 20.8. The third-order valence-electron chi connectivity index (χ3n) is 5.00. The Hall–Kier alpha value is -2.57. The molecule has 1 saturated heterocycles. The summed E-state index contributed by atoms with van der Waals surface area (Å²) in [5, 5.41) is 12.7. The number of aromatic carboxylic acids is 1. The third kappa shape index (κ3) is 5.71. The van der Waals surface area contributed by atoms with Crippen molar-refractivity contribution in [2.75, 3.05) is 19.7 Å². The molecule has 1 aliphatic heterocycles. The molecule has 1 fully saturated rings. The zero-order valence-corrected chi connectivity index (χ0v) is 17.1. The molecule has 29 heavy (non-hydrogen) atoms. The smallest absolute Gasteiger partial charge is 0.335 e. The van der Waals surface area contributed by atoms with Crippen molar-refractivity contribution in [3.8, 4) is 5.75 Å². The zero-order valence-electron chi connectivity index (χ0n) is 16.4. The fourth-order valence-corrected chi connectivity index (χ4v) is 3.64. The fourth-order valence-electron chi connectivity index (χ4n) is 3.47. The number of benzene rings is 2. The van der Waals surface area contributed by atoms with Gasteiger partial charge in [0.2, 0.25) is 0 Å². The van der Waals surface area contributed by atoms with Gasteiger partial charge >= 0.3 is 5.97 Å². The molecule has 2 aromatic rings. The number of halogens is 1. The van der Waals surface area contributed by atoms with E-state index in [-0.39, 0.29) is 17.5 Å². The second-order valence-electron chi connectivity index (χ2n) is 7.11. The first kappa shape index (κ1) is 21.1. The number of carboxylic acids is 1. The predicted molar refractivity (Wildman–Crippen MR) is 112 cm³/mol. The van der Waals surface area contributed by atoms with Crippen molar-refractivity contribution in [2.24, 2.45) is 0 Å². The Morgan fingerprint density at radius 3 is 2.59 bits per heavy atom. The molecule has 154 valence electrons. The minimum Gasteiger partial charge on any atom is -0.492 e. The summed E-state index contributed by atoms with van der Waals surface area (Å²) in [6.07, 6.45) is 1.69. The number of amides is 1. The quantitative estimate of drug-likeness (QED) is 0.717. The van der Waals surface area contributed by atoms with Gasteiger partial charge < -0.3 is 15.2 Å². The van der Waals surface area contributed by atoms with Crippen molar-refractivity contribution in [1.82, 2.24) is 10.2 Å². The molecule has 1 heterocycles. The van der Waals surface area contributed by atoms with Crippen LogP contribution >= 0.6 is 11.6 Å². The Labute approximate surface area is 175 Å². The van der Waals surface area contributed by atoms with Gasteiger partial charge in [0.25, 0.3) is 5.91 Å². The molecule has 2 N–H and O–H groups in total. The highest BCUT2D eigenvalue weighted by Gasteiger charge is 2.22. The van der Waals surface area contributed by atoms with Gasteiger partial charge in [-0.15, -0.1) is 0 Å². The first-order valence-corrected chi connectivity index (χ1v) is 10.1. The van der Waals surface area contributed by atoms with Gasteiger partial charge in [0.05, 0.1) is 17.2 Å². The lowest BCUT2D eigenvalue weighted by atomic mass is 10.0. The Morgan fingerprint density at radius 1 is 1.17 bits per heavy atom. The molecule has 2 aromatic carbocycles. The number of carbonyl (C=O) groups excluding carboxylic acids is 1. The largest absolute Gasteiger partial charge is 0.492 e. The van der Waals surface area contributed by atoms with E-state index in [0.717, 1.165) is 38.0 Å². The number of likely N-dealkylation sites (tertiary alicyclic amines) is 1. The van der Waals surface area contributed by atoms with Crippen LogP contribution in [0.5, 0.6) is 5.75 Å². The van der Waals surface area contributed by atoms with Crippen molar-refractivity contribution < 1.29 is 19.4 Å². The molecule has 7 heteroatoms. The Kier molecular flexibility index (Phi) is 7.12. The summed E-state index contributed by atoms with van der Waals surface area (Å²) in [4.78, 5) is 25.9. The van der Waals surface area contributed by atoms with Gasteiger partial charge in [-0.3, -0.25) is 9.69 Å². The van der Waals surface area contributed by atoms with E-state index in [1.165, 1.54) is 12.1 Å². The number of carbonyl (C=O) groups is 2. The molecular formula is C22H25ClN2O4. The number of piperidine rings is 1. The van der Waals surface area contributed by atoms with Crippen molar-refractivity contribution in [3.63, 3.8) is 0 Å². The van der Waals surface area contributed by atoms with Crippen LogP contribution in [0.1, 0.15) is 46.0 Å². The van der Waals surface area contributed by atoms with E-state index in [9.17, 15) is 9.59 Å². The normalized spacial score (nSPS) is 15.1. The molecule has 0 atom stereocenters. The van der Waals surface area contributed by atoms with Crippen LogP contribution in [0.2, 0.25) is 5.02 Å². The number of hydrogen-bond acceptors (Lipinski definition) is 4. The van der Waals surface area contributed by atoms with E-state index in [2.05, 4.69) is 10.2 Å². The van der Waals surface area contributed by atoms with Gasteiger partial charge in [-0.2, -0.15) is 0 Å². The SMILES string of the molecule is CCOc1cc(CN2CCC(NC(=O)c3cccc(C(=O)O)c3)CC2)ccc1Cl. The molecule has 3 rings (SSSR count). The number of rotatable bonds is 7. The lowest BCUT2D eigenvalue weighted by Crippen LogP contribution is -2.44.